The van der Waals surface area contributed by atoms with E-state index >= 15 is 0 Å². The molecule has 2 aliphatic rings. The van der Waals surface area contributed by atoms with Crippen molar-refractivity contribution in [1.82, 2.24) is 25.9 Å². The highest BCUT2D eigenvalue weighted by Crippen LogP contribution is 2.36. The molecule has 192 valence electrons. The molecule has 0 bridgehead atoms. The lowest BCUT2D eigenvalue weighted by atomic mass is 10.0. The minimum atomic E-state index is -1.51. The van der Waals surface area contributed by atoms with Crippen LogP contribution in [0.25, 0.3) is 10.9 Å². The standard InChI is InChI=1S/C27H24ClFN8S/c28-22-12-19(11-21-25(17(13-30)14-33-27(21)22)32-8-7-24-31-9-10-38-24)34-26(16-1-3-18(29)4-2-16)23-15-37(36-35-23)20-5-6-20/h1-4,9-12,14-15,20,26,34-36H,5-8H2,(H,32,33)/i26D. The number of nitrogens with one attached hydrogen (secondary N) is 4. The summed E-state index contributed by atoms with van der Waals surface area (Å²) in [7, 11) is 0. The fourth-order valence-corrected chi connectivity index (χ4v) is 5.23. The first-order valence-electron chi connectivity index (χ1n) is 12.7. The molecule has 1 aliphatic heterocycles. The van der Waals surface area contributed by atoms with Crippen LogP contribution in [0.15, 0.2) is 66.1 Å². The molecule has 0 saturated heterocycles. The molecular formula is C27H24ClFN8S. The number of halogens is 2. The van der Waals surface area contributed by atoms with Gasteiger partial charge in [-0.3, -0.25) is 9.99 Å². The van der Waals surface area contributed by atoms with E-state index in [1.165, 1.54) is 18.3 Å². The van der Waals surface area contributed by atoms with E-state index < -0.39 is 6.02 Å². The van der Waals surface area contributed by atoms with Gasteiger partial charge in [-0.15, -0.1) is 16.9 Å². The molecule has 38 heavy (non-hydrogen) atoms. The summed E-state index contributed by atoms with van der Waals surface area (Å²) in [5.41, 5.74) is 9.37. The van der Waals surface area contributed by atoms with Crippen LogP contribution in [0.1, 0.15) is 36.4 Å². The molecule has 2 aromatic carbocycles. The van der Waals surface area contributed by atoms with Gasteiger partial charge in [-0.05, 0) is 42.7 Å². The lowest BCUT2D eigenvalue weighted by Crippen LogP contribution is -2.38. The third kappa shape index (κ3) is 5.09. The van der Waals surface area contributed by atoms with Crippen molar-refractivity contribution in [3.05, 3.63) is 93.0 Å². The van der Waals surface area contributed by atoms with Crippen LogP contribution in [0.2, 0.25) is 5.02 Å². The fraction of sp³-hybridized carbons (Fsp3) is 0.222. The van der Waals surface area contributed by atoms with Crippen LogP contribution in [0.5, 0.6) is 0 Å². The second-order valence-electron chi connectivity index (χ2n) is 9.04. The summed E-state index contributed by atoms with van der Waals surface area (Å²) in [5, 5.41) is 22.4. The van der Waals surface area contributed by atoms with E-state index in [1.807, 2.05) is 22.7 Å². The van der Waals surface area contributed by atoms with Gasteiger partial charge in [-0.2, -0.15) is 5.26 Å². The highest BCUT2D eigenvalue weighted by molar-refractivity contribution is 7.09. The van der Waals surface area contributed by atoms with Gasteiger partial charge in [-0.1, -0.05) is 23.7 Å². The largest absolute Gasteiger partial charge is 0.383 e. The van der Waals surface area contributed by atoms with Gasteiger partial charge in [-0.25, -0.2) is 9.37 Å². The van der Waals surface area contributed by atoms with Crippen molar-refractivity contribution >= 4 is 45.2 Å². The topological polar surface area (TPSA) is 101 Å². The summed E-state index contributed by atoms with van der Waals surface area (Å²) in [6, 6.07) is 10.4. The Hall–Kier alpha value is -3.91. The molecule has 1 atom stereocenters. The summed E-state index contributed by atoms with van der Waals surface area (Å²) < 4.78 is 23.4. The van der Waals surface area contributed by atoms with Crippen LogP contribution in [-0.4, -0.2) is 27.6 Å². The van der Waals surface area contributed by atoms with Crippen molar-refractivity contribution < 1.29 is 5.76 Å². The summed E-state index contributed by atoms with van der Waals surface area (Å²) >= 11 is 8.27. The molecule has 8 nitrogen and oxygen atoms in total. The molecule has 4 aromatic rings. The van der Waals surface area contributed by atoms with Crippen LogP contribution in [0, 0.1) is 17.1 Å². The number of hydrogen-bond donors (Lipinski definition) is 4. The summed E-state index contributed by atoms with van der Waals surface area (Å²) in [6.45, 7) is 0.564. The van der Waals surface area contributed by atoms with E-state index in [0.717, 1.165) is 17.8 Å². The zero-order chi connectivity index (χ0) is 27.0. The van der Waals surface area contributed by atoms with Gasteiger partial charge in [0, 0.05) is 54.1 Å². The molecule has 0 radical (unpaired) electrons. The van der Waals surface area contributed by atoms with E-state index in [2.05, 4.69) is 37.6 Å². The Morgan fingerprint density at radius 2 is 2.13 bits per heavy atom. The molecule has 0 amide bonds. The Bertz CT molecular complexity index is 1590. The maximum atomic E-state index is 13.8. The summed E-state index contributed by atoms with van der Waals surface area (Å²) in [5.74, 6) is -0.385. The van der Waals surface area contributed by atoms with E-state index in [4.69, 9.17) is 11.6 Å². The van der Waals surface area contributed by atoms with Crippen molar-refractivity contribution in [3.63, 3.8) is 0 Å². The van der Waals surface area contributed by atoms with Gasteiger partial charge >= 0.3 is 0 Å². The fourth-order valence-electron chi connectivity index (χ4n) is 4.34. The molecule has 1 unspecified atom stereocenters. The summed E-state index contributed by atoms with van der Waals surface area (Å²) in [4.78, 5) is 8.75. The number of rotatable bonds is 9. The zero-order valence-electron chi connectivity index (χ0n) is 21.1. The van der Waals surface area contributed by atoms with Gasteiger partial charge in [0.25, 0.3) is 0 Å². The van der Waals surface area contributed by atoms with Crippen molar-refractivity contribution in [2.45, 2.75) is 31.3 Å². The number of hydrazine groups is 2. The normalized spacial score (nSPS) is 16.8. The molecule has 1 aliphatic carbocycles. The second kappa shape index (κ2) is 10.5. The first-order valence-corrected chi connectivity index (χ1v) is 13.4. The maximum absolute atomic E-state index is 13.8. The molecule has 4 N–H and O–H groups in total. The van der Waals surface area contributed by atoms with Gasteiger partial charge in [0.15, 0.2) is 0 Å². The summed E-state index contributed by atoms with van der Waals surface area (Å²) in [6.07, 6.45) is 7.97. The lowest BCUT2D eigenvalue weighted by molar-refractivity contribution is 0.260. The van der Waals surface area contributed by atoms with Gasteiger partial charge in [0.2, 0.25) is 0 Å². The smallest absolute Gasteiger partial charge is 0.123 e. The van der Waals surface area contributed by atoms with Crippen molar-refractivity contribution in [1.29, 1.82) is 5.26 Å². The molecule has 3 heterocycles. The molecule has 0 spiro atoms. The molecular weight excluding hydrogens is 523 g/mol. The van der Waals surface area contributed by atoms with E-state index in [0.29, 0.717) is 63.1 Å². The Balaban J connectivity index is 1.39. The van der Waals surface area contributed by atoms with Crippen molar-refractivity contribution in [2.24, 2.45) is 0 Å². The maximum Gasteiger partial charge on any atom is 0.123 e. The lowest BCUT2D eigenvalue weighted by Gasteiger charge is -2.22. The van der Waals surface area contributed by atoms with E-state index in [1.54, 1.807) is 35.7 Å². The minimum Gasteiger partial charge on any atom is -0.383 e. The molecule has 1 saturated carbocycles. The monoisotopic (exact) mass is 547 g/mol. The highest BCUT2D eigenvalue weighted by atomic mass is 35.5. The highest BCUT2D eigenvalue weighted by Gasteiger charge is 2.32. The van der Waals surface area contributed by atoms with Crippen molar-refractivity contribution in [3.8, 4) is 6.07 Å². The predicted molar refractivity (Wildman–Crippen MR) is 148 cm³/mol. The van der Waals surface area contributed by atoms with Gasteiger partial charge < -0.3 is 16.1 Å². The number of thiazole rings is 1. The number of benzene rings is 2. The Morgan fingerprint density at radius 3 is 2.87 bits per heavy atom. The molecule has 11 heteroatoms. The number of hydrogen-bond acceptors (Lipinski definition) is 9. The van der Waals surface area contributed by atoms with E-state index in [-0.39, 0.29) is 5.82 Å². The zero-order valence-corrected chi connectivity index (χ0v) is 21.7. The van der Waals surface area contributed by atoms with Crippen LogP contribution in [-0.2, 0) is 6.42 Å². The van der Waals surface area contributed by atoms with Crippen molar-refractivity contribution in [2.75, 3.05) is 17.2 Å². The van der Waals surface area contributed by atoms with Gasteiger partial charge in [0.1, 0.15) is 11.9 Å². The minimum absolute atomic E-state index is 0.370. The average Bonchev–Trinajstić information content (AvgIpc) is 3.41. The Kier molecular flexibility index (Phi) is 6.39. The molecule has 2 aromatic heterocycles. The number of pyridine rings is 1. The van der Waals surface area contributed by atoms with Crippen LogP contribution in [0.4, 0.5) is 15.8 Å². The first kappa shape index (κ1) is 23.2. The first-order chi connectivity index (χ1) is 18.9. The number of fused-ring (bicyclic) bond motifs is 1. The quantitative estimate of drug-likeness (QED) is 0.218. The number of nitriles is 1. The van der Waals surface area contributed by atoms with Crippen LogP contribution >= 0.6 is 22.9 Å². The third-order valence-corrected chi connectivity index (χ3v) is 7.50. The number of nitrogens with zero attached hydrogens (tertiary/aromatic N) is 4. The Labute approximate surface area is 229 Å². The van der Waals surface area contributed by atoms with Crippen LogP contribution in [0.3, 0.4) is 0 Å². The second-order valence-corrected chi connectivity index (χ2v) is 10.4. The average molecular weight is 548 g/mol. The SMILES string of the molecule is [2H]C(Nc1cc(Cl)c2ncc(C#N)c(NCCc3nccs3)c2c1)(C1=CN(C2CC2)NN1)c1ccc(F)cc1. The number of anilines is 2. The number of aromatic nitrogens is 2. The molecule has 1 fully saturated rings. The van der Waals surface area contributed by atoms with Crippen LogP contribution < -0.4 is 21.6 Å². The third-order valence-electron chi connectivity index (χ3n) is 6.37. The van der Waals surface area contributed by atoms with Gasteiger partial charge in [0.05, 0.1) is 39.9 Å². The van der Waals surface area contributed by atoms with E-state index in [9.17, 15) is 11.0 Å². The molecule has 6 rings (SSSR count). The Morgan fingerprint density at radius 1 is 1.29 bits per heavy atom. The predicted octanol–water partition coefficient (Wildman–Crippen LogP) is 5.49.